The van der Waals surface area contributed by atoms with Gasteiger partial charge in [0.25, 0.3) is 0 Å². The molecule has 1 rings (SSSR count). The van der Waals surface area contributed by atoms with E-state index in [4.69, 9.17) is 5.11 Å². The van der Waals surface area contributed by atoms with Crippen LogP contribution in [0.1, 0.15) is 27.2 Å². The van der Waals surface area contributed by atoms with Gasteiger partial charge in [0, 0.05) is 18.3 Å². The van der Waals surface area contributed by atoms with E-state index in [2.05, 4.69) is 10.3 Å². The SMILES string of the molecule is CC(C)(C)N(CCC(=O)O)C(=O)Nc1cccnc1. The Hall–Kier alpha value is -2.11. The van der Waals surface area contributed by atoms with Crippen molar-refractivity contribution >= 4 is 17.7 Å². The first kappa shape index (κ1) is 14.9. The highest BCUT2D eigenvalue weighted by atomic mass is 16.4. The van der Waals surface area contributed by atoms with Gasteiger partial charge in [-0.15, -0.1) is 0 Å². The van der Waals surface area contributed by atoms with Crippen molar-refractivity contribution in [1.82, 2.24) is 9.88 Å². The Bertz CT molecular complexity index is 440. The van der Waals surface area contributed by atoms with Crippen LogP contribution >= 0.6 is 0 Å². The van der Waals surface area contributed by atoms with Crippen LogP contribution in [0.3, 0.4) is 0 Å². The van der Waals surface area contributed by atoms with Crippen LogP contribution < -0.4 is 5.32 Å². The molecule has 0 radical (unpaired) electrons. The minimum Gasteiger partial charge on any atom is -0.481 e. The molecular formula is C13H19N3O3. The van der Waals surface area contributed by atoms with Gasteiger partial charge in [0.1, 0.15) is 0 Å². The zero-order chi connectivity index (χ0) is 14.5. The number of anilines is 1. The summed E-state index contributed by atoms with van der Waals surface area (Å²) in [6.45, 7) is 5.73. The number of urea groups is 1. The number of aromatic nitrogens is 1. The van der Waals surface area contributed by atoms with E-state index in [0.717, 1.165) is 0 Å². The van der Waals surface area contributed by atoms with Crippen LogP contribution in [0.2, 0.25) is 0 Å². The molecule has 0 aliphatic rings. The predicted octanol–water partition coefficient (Wildman–Crippen LogP) is 2.19. The van der Waals surface area contributed by atoms with Crippen LogP contribution in [0, 0.1) is 0 Å². The number of carboxylic acids is 1. The molecule has 1 aromatic heterocycles. The normalized spacial score (nSPS) is 10.9. The van der Waals surface area contributed by atoms with Gasteiger partial charge in [-0.2, -0.15) is 0 Å². The Morgan fingerprint density at radius 1 is 1.42 bits per heavy atom. The maximum Gasteiger partial charge on any atom is 0.322 e. The first-order valence-electron chi connectivity index (χ1n) is 6.01. The fourth-order valence-electron chi connectivity index (χ4n) is 1.58. The number of nitrogens with one attached hydrogen (secondary N) is 1. The maximum absolute atomic E-state index is 12.2. The molecule has 0 aromatic carbocycles. The van der Waals surface area contributed by atoms with Crippen LogP contribution in [-0.4, -0.2) is 39.1 Å². The van der Waals surface area contributed by atoms with Crippen molar-refractivity contribution in [2.45, 2.75) is 32.7 Å². The van der Waals surface area contributed by atoms with E-state index < -0.39 is 11.5 Å². The van der Waals surface area contributed by atoms with Gasteiger partial charge in [0.15, 0.2) is 0 Å². The molecule has 0 atom stereocenters. The Labute approximate surface area is 112 Å². The number of carboxylic acid groups (broad SMARTS) is 1. The summed E-state index contributed by atoms with van der Waals surface area (Å²) in [4.78, 5) is 28.2. The first-order valence-corrected chi connectivity index (χ1v) is 6.01. The molecule has 2 amide bonds. The third-order valence-electron chi connectivity index (χ3n) is 2.52. The van der Waals surface area contributed by atoms with Gasteiger partial charge < -0.3 is 15.3 Å². The molecule has 1 heterocycles. The summed E-state index contributed by atoms with van der Waals surface area (Å²) >= 11 is 0. The van der Waals surface area contributed by atoms with Crippen LogP contribution in [0.5, 0.6) is 0 Å². The van der Waals surface area contributed by atoms with E-state index in [0.29, 0.717) is 5.69 Å². The second-order valence-corrected chi connectivity index (χ2v) is 5.14. The molecule has 0 unspecified atom stereocenters. The Balaban J connectivity index is 2.74. The number of carbonyl (C=O) groups excluding carboxylic acids is 1. The van der Waals surface area contributed by atoms with Crippen LogP contribution in [-0.2, 0) is 4.79 Å². The number of hydrogen-bond donors (Lipinski definition) is 2. The molecule has 0 spiro atoms. The molecule has 0 aliphatic heterocycles. The second kappa shape index (κ2) is 6.17. The van der Waals surface area contributed by atoms with Gasteiger partial charge >= 0.3 is 12.0 Å². The Morgan fingerprint density at radius 3 is 2.58 bits per heavy atom. The number of aliphatic carboxylic acids is 1. The Morgan fingerprint density at radius 2 is 2.11 bits per heavy atom. The van der Waals surface area contributed by atoms with Crippen molar-refractivity contribution in [3.05, 3.63) is 24.5 Å². The largest absolute Gasteiger partial charge is 0.481 e. The lowest BCUT2D eigenvalue weighted by Gasteiger charge is -2.35. The van der Waals surface area contributed by atoms with Gasteiger partial charge in [-0.1, -0.05) is 0 Å². The third-order valence-corrected chi connectivity index (χ3v) is 2.52. The van der Waals surface area contributed by atoms with E-state index in [1.165, 1.54) is 11.1 Å². The molecule has 0 fully saturated rings. The van der Waals surface area contributed by atoms with Gasteiger partial charge in [-0.3, -0.25) is 9.78 Å². The number of pyridine rings is 1. The van der Waals surface area contributed by atoms with E-state index in [1.54, 1.807) is 18.3 Å². The van der Waals surface area contributed by atoms with E-state index in [-0.39, 0.29) is 19.0 Å². The Kier molecular flexibility index (Phi) is 4.86. The summed E-state index contributed by atoms with van der Waals surface area (Å²) in [5.41, 5.74) is 0.124. The van der Waals surface area contributed by atoms with Gasteiger partial charge in [-0.05, 0) is 32.9 Å². The third kappa shape index (κ3) is 4.95. The number of hydrogen-bond acceptors (Lipinski definition) is 3. The smallest absolute Gasteiger partial charge is 0.322 e. The molecule has 0 saturated carbocycles. The van der Waals surface area contributed by atoms with Gasteiger partial charge in [0.2, 0.25) is 0 Å². The van der Waals surface area contributed by atoms with E-state index in [9.17, 15) is 9.59 Å². The molecule has 19 heavy (non-hydrogen) atoms. The fraction of sp³-hybridized carbons (Fsp3) is 0.462. The predicted molar refractivity (Wildman–Crippen MR) is 72.0 cm³/mol. The molecule has 1 aromatic rings. The monoisotopic (exact) mass is 265 g/mol. The van der Waals surface area contributed by atoms with Crippen LogP contribution in [0.25, 0.3) is 0 Å². The quantitative estimate of drug-likeness (QED) is 0.874. The summed E-state index contributed by atoms with van der Waals surface area (Å²) in [5, 5.41) is 11.4. The highest BCUT2D eigenvalue weighted by molar-refractivity contribution is 5.89. The second-order valence-electron chi connectivity index (χ2n) is 5.14. The van der Waals surface area contributed by atoms with Crippen molar-refractivity contribution in [2.24, 2.45) is 0 Å². The van der Waals surface area contributed by atoms with Gasteiger partial charge in [-0.25, -0.2) is 4.79 Å². The van der Waals surface area contributed by atoms with Gasteiger partial charge in [0.05, 0.1) is 18.3 Å². The minimum absolute atomic E-state index is 0.0856. The summed E-state index contributed by atoms with van der Waals surface area (Å²) in [6.07, 6.45) is 3.06. The van der Waals surface area contributed by atoms with Crippen LogP contribution in [0.4, 0.5) is 10.5 Å². The molecule has 0 saturated heterocycles. The molecule has 6 nitrogen and oxygen atoms in total. The van der Waals surface area contributed by atoms with Crippen molar-refractivity contribution in [1.29, 1.82) is 0 Å². The zero-order valence-corrected chi connectivity index (χ0v) is 11.4. The topological polar surface area (TPSA) is 82.5 Å². The summed E-state index contributed by atoms with van der Waals surface area (Å²) in [7, 11) is 0. The first-order chi connectivity index (χ1) is 8.80. The zero-order valence-electron chi connectivity index (χ0n) is 11.4. The van der Waals surface area contributed by atoms with Crippen molar-refractivity contribution < 1.29 is 14.7 Å². The lowest BCUT2D eigenvalue weighted by atomic mass is 10.1. The molecular weight excluding hydrogens is 246 g/mol. The van der Waals surface area contributed by atoms with Crippen LogP contribution in [0.15, 0.2) is 24.5 Å². The highest BCUT2D eigenvalue weighted by Crippen LogP contribution is 2.16. The average molecular weight is 265 g/mol. The summed E-state index contributed by atoms with van der Waals surface area (Å²) in [5.74, 6) is -0.927. The molecule has 0 bridgehead atoms. The standard InChI is InChI=1S/C13H19N3O3/c1-13(2,3)16(8-6-11(17)18)12(19)15-10-5-4-7-14-9-10/h4-5,7,9H,6,8H2,1-3H3,(H,15,19)(H,17,18). The molecule has 2 N–H and O–H groups in total. The number of carbonyl (C=O) groups is 2. The number of rotatable bonds is 4. The lowest BCUT2D eigenvalue weighted by molar-refractivity contribution is -0.137. The summed E-state index contributed by atoms with van der Waals surface area (Å²) < 4.78 is 0. The minimum atomic E-state index is -0.927. The highest BCUT2D eigenvalue weighted by Gasteiger charge is 2.26. The molecule has 104 valence electrons. The van der Waals surface area contributed by atoms with Crippen molar-refractivity contribution in [3.63, 3.8) is 0 Å². The number of nitrogens with zero attached hydrogens (tertiary/aromatic N) is 2. The molecule has 0 aliphatic carbocycles. The lowest BCUT2D eigenvalue weighted by Crippen LogP contribution is -2.48. The summed E-state index contributed by atoms with van der Waals surface area (Å²) in [6, 6.07) is 3.11. The van der Waals surface area contributed by atoms with Crippen molar-refractivity contribution in [2.75, 3.05) is 11.9 Å². The molecule has 6 heteroatoms. The van der Waals surface area contributed by atoms with E-state index >= 15 is 0 Å². The maximum atomic E-state index is 12.2. The fourth-order valence-corrected chi connectivity index (χ4v) is 1.58. The number of amides is 2. The average Bonchev–Trinajstić information content (AvgIpc) is 2.28. The van der Waals surface area contributed by atoms with Crippen molar-refractivity contribution in [3.8, 4) is 0 Å². The van der Waals surface area contributed by atoms with E-state index in [1.807, 2.05) is 20.8 Å².